The van der Waals surface area contributed by atoms with Crippen molar-refractivity contribution >= 4 is 33.3 Å². The standard InChI is InChI=1S/C18H19BrClNO2/c1-12(21(2)3)18(22)16-10-14(19)6-9-17(16)23-11-13-4-7-15(20)8-5-13/h4-10,12H,11H2,1-3H3. The van der Waals surface area contributed by atoms with E-state index in [0.29, 0.717) is 22.9 Å². The molecule has 0 aliphatic heterocycles. The van der Waals surface area contributed by atoms with Gasteiger partial charge < -0.3 is 4.74 Å². The maximum atomic E-state index is 12.7. The van der Waals surface area contributed by atoms with Crippen LogP contribution in [-0.2, 0) is 6.61 Å². The summed E-state index contributed by atoms with van der Waals surface area (Å²) in [4.78, 5) is 14.5. The van der Waals surface area contributed by atoms with Crippen LogP contribution in [0.1, 0.15) is 22.8 Å². The van der Waals surface area contributed by atoms with E-state index < -0.39 is 0 Å². The van der Waals surface area contributed by atoms with E-state index in [0.717, 1.165) is 10.0 Å². The summed E-state index contributed by atoms with van der Waals surface area (Å²) in [5.41, 5.74) is 1.57. The Balaban J connectivity index is 2.21. The van der Waals surface area contributed by atoms with Crippen molar-refractivity contribution in [3.8, 4) is 5.75 Å². The van der Waals surface area contributed by atoms with Crippen LogP contribution in [0.4, 0.5) is 0 Å². The highest BCUT2D eigenvalue weighted by atomic mass is 79.9. The molecule has 2 rings (SSSR count). The second-order valence-electron chi connectivity index (χ2n) is 5.56. The van der Waals surface area contributed by atoms with Gasteiger partial charge in [-0.3, -0.25) is 9.69 Å². The smallest absolute Gasteiger partial charge is 0.183 e. The summed E-state index contributed by atoms with van der Waals surface area (Å²) in [5.74, 6) is 0.615. The van der Waals surface area contributed by atoms with Crippen LogP contribution in [0.25, 0.3) is 0 Å². The number of hydrogen-bond donors (Lipinski definition) is 0. The molecule has 122 valence electrons. The molecule has 0 spiro atoms. The number of hydrogen-bond acceptors (Lipinski definition) is 3. The second kappa shape index (κ2) is 7.95. The maximum Gasteiger partial charge on any atom is 0.183 e. The largest absolute Gasteiger partial charge is 0.488 e. The molecule has 0 saturated heterocycles. The zero-order chi connectivity index (χ0) is 17.0. The Labute approximate surface area is 150 Å². The Morgan fingerprint density at radius 3 is 2.48 bits per heavy atom. The number of benzene rings is 2. The van der Waals surface area contributed by atoms with Crippen LogP contribution in [0.2, 0.25) is 5.02 Å². The van der Waals surface area contributed by atoms with Gasteiger partial charge in [-0.05, 0) is 56.9 Å². The normalized spacial score (nSPS) is 12.3. The lowest BCUT2D eigenvalue weighted by atomic mass is 10.0. The van der Waals surface area contributed by atoms with E-state index in [1.54, 1.807) is 6.07 Å². The first-order valence-corrected chi connectivity index (χ1v) is 8.43. The lowest BCUT2D eigenvalue weighted by molar-refractivity contribution is 0.0886. The van der Waals surface area contributed by atoms with Crippen molar-refractivity contribution in [2.45, 2.75) is 19.6 Å². The predicted molar refractivity (Wildman–Crippen MR) is 97.4 cm³/mol. The number of carbonyl (C=O) groups is 1. The molecule has 0 fully saturated rings. The molecule has 2 aromatic rings. The van der Waals surface area contributed by atoms with E-state index in [1.807, 2.05) is 62.3 Å². The third kappa shape index (κ3) is 4.80. The average molecular weight is 397 g/mol. The van der Waals surface area contributed by atoms with Crippen LogP contribution < -0.4 is 4.74 Å². The summed E-state index contributed by atoms with van der Waals surface area (Å²) in [5, 5.41) is 0.688. The van der Waals surface area contributed by atoms with Crippen molar-refractivity contribution in [3.05, 3.63) is 63.1 Å². The minimum Gasteiger partial charge on any atom is -0.488 e. The van der Waals surface area contributed by atoms with Crippen LogP contribution in [0.15, 0.2) is 46.9 Å². The summed E-state index contributed by atoms with van der Waals surface area (Å²) in [6, 6.07) is 12.7. The molecule has 0 radical (unpaired) electrons. The number of ether oxygens (including phenoxy) is 1. The molecule has 23 heavy (non-hydrogen) atoms. The molecule has 5 heteroatoms. The van der Waals surface area contributed by atoms with Crippen molar-refractivity contribution in [1.29, 1.82) is 0 Å². The van der Waals surface area contributed by atoms with Gasteiger partial charge in [0.1, 0.15) is 12.4 Å². The van der Waals surface area contributed by atoms with Crippen LogP contribution >= 0.6 is 27.5 Å². The van der Waals surface area contributed by atoms with Crippen LogP contribution in [-0.4, -0.2) is 30.8 Å². The van der Waals surface area contributed by atoms with Gasteiger partial charge in [-0.15, -0.1) is 0 Å². The molecule has 0 aliphatic rings. The molecule has 1 atom stereocenters. The van der Waals surface area contributed by atoms with E-state index >= 15 is 0 Å². The molecule has 0 aromatic heterocycles. The molecule has 1 unspecified atom stereocenters. The van der Waals surface area contributed by atoms with Gasteiger partial charge in [0.15, 0.2) is 5.78 Å². The number of ketones is 1. The lowest BCUT2D eigenvalue weighted by Crippen LogP contribution is -2.33. The first kappa shape index (κ1) is 18.0. The van der Waals surface area contributed by atoms with Gasteiger partial charge >= 0.3 is 0 Å². The van der Waals surface area contributed by atoms with Crippen molar-refractivity contribution in [1.82, 2.24) is 4.90 Å². The van der Waals surface area contributed by atoms with Crippen LogP contribution in [0.5, 0.6) is 5.75 Å². The minimum absolute atomic E-state index is 0.0300. The monoisotopic (exact) mass is 395 g/mol. The molecule has 3 nitrogen and oxygen atoms in total. The molecule has 0 aliphatic carbocycles. The minimum atomic E-state index is -0.220. The Kier molecular flexibility index (Phi) is 6.22. The quantitative estimate of drug-likeness (QED) is 0.656. The van der Waals surface area contributed by atoms with Crippen LogP contribution in [0, 0.1) is 0 Å². The third-order valence-electron chi connectivity index (χ3n) is 3.67. The summed E-state index contributed by atoms with van der Waals surface area (Å²) >= 11 is 9.30. The molecule has 2 aromatic carbocycles. The molecular formula is C18H19BrClNO2. The van der Waals surface area contributed by atoms with Crippen molar-refractivity contribution in [2.75, 3.05) is 14.1 Å². The SMILES string of the molecule is CC(C(=O)c1cc(Br)ccc1OCc1ccc(Cl)cc1)N(C)C. The third-order valence-corrected chi connectivity index (χ3v) is 4.41. The number of nitrogens with zero attached hydrogens (tertiary/aromatic N) is 1. The maximum absolute atomic E-state index is 12.7. The van der Waals surface area contributed by atoms with Gasteiger partial charge in [0.25, 0.3) is 0 Å². The Morgan fingerprint density at radius 2 is 1.87 bits per heavy atom. The molecule has 0 heterocycles. The zero-order valence-electron chi connectivity index (χ0n) is 13.3. The number of carbonyl (C=O) groups excluding carboxylic acids is 1. The van der Waals surface area contributed by atoms with Gasteiger partial charge in [0.05, 0.1) is 11.6 Å². The van der Waals surface area contributed by atoms with E-state index in [-0.39, 0.29) is 11.8 Å². The van der Waals surface area contributed by atoms with E-state index in [1.165, 1.54) is 0 Å². The number of Topliss-reactive ketones (excluding diaryl/α,β-unsaturated/α-hetero) is 1. The predicted octanol–water partition coefficient (Wildman–Crippen LogP) is 4.81. The highest BCUT2D eigenvalue weighted by molar-refractivity contribution is 9.10. The van der Waals surface area contributed by atoms with Crippen molar-refractivity contribution in [2.24, 2.45) is 0 Å². The van der Waals surface area contributed by atoms with Crippen molar-refractivity contribution < 1.29 is 9.53 Å². The lowest BCUT2D eigenvalue weighted by Gasteiger charge is -2.20. The number of likely N-dealkylation sites (N-methyl/N-ethyl adjacent to an activating group) is 1. The fraction of sp³-hybridized carbons (Fsp3) is 0.278. The first-order valence-electron chi connectivity index (χ1n) is 7.26. The van der Waals surface area contributed by atoms with Gasteiger partial charge in [-0.25, -0.2) is 0 Å². The molecule has 0 bridgehead atoms. The molecular weight excluding hydrogens is 378 g/mol. The van der Waals surface area contributed by atoms with E-state index in [2.05, 4.69) is 15.9 Å². The summed E-state index contributed by atoms with van der Waals surface area (Å²) in [6.45, 7) is 2.27. The Bertz CT molecular complexity index is 686. The van der Waals surface area contributed by atoms with E-state index in [9.17, 15) is 4.79 Å². The van der Waals surface area contributed by atoms with Crippen LogP contribution in [0.3, 0.4) is 0 Å². The van der Waals surface area contributed by atoms with Gasteiger partial charge in [-0.1, -0.05) is 39.7 Å². The number of halogens is 2. The van der Waals surface area contributed by atoms with Gasteiger partial charge in [-0.2, -0.15) is 0 Å². The van der Waals surface area contributed by atoms with E-state index in [4.69, 9.17) is 16.3 Å². The fourth-order valence-electron chi connectivity index (χ4n) is 2.02. The first-order chi connectivity index (χ1) is 10.9. The summed E-state index contributed by atoms with van der Waals surface area (Å²) < 4.78 is 6.72. The van der Waals surface area contributed by atoms with Gasteiger partial charge in [0.2, 0.25) is 0 Å². The summed E-state index contributed by atoms with van der Waals surface area (Å²) in [6.07, 6.45) is 0. The highest BCUT2D eigenvalue weighted by Crippen LogP contribution is 2.26. The fourth-order valence-corrected chi connectivity index (χ4v) is 2.51. The second-order valence-corrected chi connectivity index (χ2v) is 6.91. The zero-order valence-corrected chi connectivity index (χ0v) is 15.7. The number of rotatable bonds is 6. The topological polar surface area (TPSA) is 29.5 Å². The van der Waals surface area contributed by atoms with Gasteiger partial charge in [0, 0.05) is 9.50 Å². The summed E-state index contributed by atoms with van der Waals surface area (Å²) in [7, 11) is 3.77. The average Bonchev–Trinajstić information content (AvgIpc) is 2.53. The molecule has 0 N–H and O–H groups in total. The Morgan fingerprint density at radius 1 is 1.22 bits per heavy atom. The Hall–Kier alpha value is -1.36. The van der Waals surface area contributed by atoms with Crippen molar-refractivity contribution in [3.63, 3.8) is 0 Å². The highest BCUT2D eigenvalue weighted by Gasteiger charge is 2.21. The molecule has 0 amide bonds. The molecule has 0 saturated carbocycles.